The Hall–Kier alpha value is -1.12. The Morgan fingerprint density at radius 3 is 2.48 bits per heavy atom. The summed E-state index contributed by atoms with van der Waals surface area (Å²) in [4.78, 5) is 2.23. The van der Waals surface area contributed by atoms with Gasteiger partial charge in [0.15, 0.2) is 0 Å². The number of aryl methyl sites for hydroxylation is 1. The second-order valence-electron chi connectivity index (χ2n) is 5.92. The maximum Gasteiger partial charge on any atom is 0.252 e. The van der Waals surface area contributed by atoms with E-state index in [4.69, 9.17) is 16.3 Å². The number of hydrogen-bond donors (Lipinski definition) is 0. The molecule has 3 rings (SSSR count). The van der Waals surface area contributed by atoms with Crippen LogP contribution in [0.15, 0.2) is 40.6 Å². The zero-order chi connectivity index (χ0) is 17.9. The fourth-order valence-electron chi connectivity index (χ4n) is 2.76. The van der Waals surface area contributed by atoms with Gasteiger partial charge in [0.25, 0.3) is 10.0 Å². The van der Waals surface area contributed by atoms with Crippen LogP contribution >= 0.6 is 22.9 Å². The van der Waals surface area contributed by atoms with Gasteiger partial charge in [-0.3, -0.25) is 4.90 Å². The van der Waals surface area contributed by atoms with Gasteiger partial charge in [0.1, 0.15) is 16.6 Å². The first-order chi connectivity index (χ1) is 12.0. The smallest absolute Gasteiger partial charge is 0.252 e. The maximum absolute atomic E-state index is 12.6. The van der Waals surface area contributed by atoms with Crippen molar-refractivity contribution in [3.05, 3.63) is 46.3 Å². The highest BCUT2D eigenvalue weighted by Gasteiger charge is 2.29. The number of nitrogens with zero attached hydrogens (tertiary/aromatic N) is 2. The molecule has 0 atom stereocenters. The fourth-order valence-corrected chi connectivity index (χ4v) is 5.82. The molecule has 0 N–H and O–H groups in total. The molecule has 2 aromatic rings. The number of rotatable bonds is 6. The summed E-state index contributed by atoms with van der Waals surface area (Å²) in [5.41, 5.74) is 1.12. The van der Waals surface area contributed by atoms with Gasteiger partial charge in [0.05, 0.1) is 4.34 Å². The molecule has 2 heterocycles. The molecule has 1 aliphatic rings. The molecule has 1 saturated heterocycles. The van der Waals surface area contributed by atoms with Crippen LogP contribution in [0.25, 0.3) is 0 Å². The van der Waals surface area contributed by atoms with Crippen LogP contribution in [0.2, 0.25) is 4.34 Å². The second-order valence-corrected chi connectivity index (χ2v) is 9.80. The lowest BCUT2D eigenvalue weighted by molar-refractivity contribution is 0.158. The SMILES string of the molecule is Cc1ccccc1OCCN1CCN(S(=O)(=O)c2ccc(Cl)s2)CC1. The highest BCUT2D eigenvalue weighted by atomic mass is 35.5. The van der Waals surface area contributed by atoms with E-state index in [2.05, 4.69) is 4.90 Å². The first-order valence-electron chi connectivity index (χ1n) is 8.13. The zero-order valence-electron chi connectivity index (χ0n) is 14.0. The normalized spacial score (nSPS) is 16.9. The first kappa shape index (κ1) is 18.7. The van der Waals surface area contributed by atoms with Crippen molar-refractivity contribution in [1.29, 1.82) is 0 Å². The Balaban J connectivity index is 1.48. The van der Waals surface area contributed by atoms with Gasteiger partial charge in [0.2, 0.25) is 0 Å². The zero-order valence-corrected chi connectivity index (χ0v) is 16.4. The molecule has 1 fully saturated rings. The van der Waals surface area contributed by atoms with Crippen molar-refractivity contribution in [2.45, 2.75) is 11.1 Å². The van der Waals surface area contributed by atoms with E-state index in [1.807, 2.05) is 31.2 Å². The standard InChI is InChI=1S/C17H21ClN2O3S2/c1-14-4-2-3-5-15(14)23-13-12-19-8-10-20(11-9-19)25(21,22)17-7-6-16(18)24-17/h2-7H,8-13H2,1H3. The number of benzene rings is 1. The molecule has 0 amide bonds. The molecular weight excluding hydrogens is 380 g/mol. The molecule has 0 saturated carbocycles. The molecule has 136 valence electrons. The number of thiophene rings is 1. The minimum Gasteiger partial charge on any atom is -0.492 e. The van der Waals surface area contributed by atoms with Crippen molar-refractivity contribution in [2.75, 3.05) is 39.3 Å². The summed E-state index contributed by atoms with van der Waals surface area (Å²) < 4.78 is 33.3. The number of para-hydroxylation sites is 1. The second kappa shape index (κ2) is 8.05. The van der Waals surface area contributed by atoms with Crippen LogP contribution < -0.4 is 4.74 Å². The van der Waals surface area contributed by atoms with Gasteiger partial charge in [0, 0.05) is 32.7 Å². The first-order valence-corrected chi connectivity index (χ1v) is 10.8. The van der Waals surface area contributed by atoms with E-state index in [0.717, 1.165) is 29.2 Å². The van der Waals surface area contributed by atoms with Gasteiger partial charge in [-0.2, -0.15) is 4.31 Å². The lowest BCUT2D eigenvalue weighted by Gasteiger charge is -2.33. The van der Waals surface area contributed by atoms with E-state index >= 15 is 0 Å². The minimum atomic E-state index is -3.42. The third kappa shape index (κ3) is 4.54. The van der Waals surface area contributed by atoms with Crippen molar-refractivity contribution in [1.82, 2.24) is 9.21 Å². The lowest BCUT2D eigenvalue weighted by Crippen LogP contribution is -2.49. The molecule has 8 heteroatoms. The third-order valence-electron chi connectivity index (χ3n) is 4.23. The van der Waals surface area contributed by atoms with E-state index < -0.39 is 10.0 Å². The van der Waals surface area contributed by atoms with Crippen LogP contribution in [0, 0.1) is 6.92 Å². The number of hydrogen-bond acceptors (Lipinski definition) is 5. The van der Waals surface area contributed by atoms with Crippen molar-refractivity contribution in [3.8, 4) is 5.75 Å². The van der Waals surface area contributed by atoms with E-state index in [1.54, 1.807) is 12.1 Å². The molecule has 1 aromatic carbocycles. The molecular formula is C17H21ClN2O3S2. The number of sulfonamides is 1. The monoisotopic (exact) mass is 400 g/mol. The third-order valence-corrected chi connectivity index (χ3v) is 7.83. The van der Waals surface area contributed by atoms with E-state index in [1.165, 1.54) is 4.31 Å². The molecule has 0 spiro atoms. The summed E-state index contributed by atoms with van der Waals surface area (Å²) in [6, 6.07) is 11.1. The molecule has 25 heavy (non-hydrogen) atoms. The average molecular weight is 401 g/mol. The molecule has 0 radical (unpaired) electrons. The van der Waals surface area contributed by atoms with Crippen molar-refractivity contribution in [2.24, 2.45) is 0 Å². The van der Waals surface area contributed by atoms with Gasteiger partial charge in [-0.25, -0.2) is 8.42 Å². The van der Waals surface area contributed by atoms with Crippen LogP contribution in [0.1, 0.15) is 5.56 Å². The summed E-state index contributed by atoms with van der Waals surface area (Å²) in [5, 5.41) is 0. The van der Waals surface area contributed by atoms with Crippen LogP contribution in [0.4, 0.5) is 0 Å². The quantitative estimate of drug-likeness (QED) is 0.747. The molecule has 1 aromatic heterocycles. The minimum absolute atomic E-state index is 0.314. The largest absolute Gasteiger partial charge is 0.492 e. The summed E-state index contributed by atoms with van der Waals surface area (Å²) in [6.45, 7) is 5.79. The molecule has 0 aliphatic carbocycles. The Morgan fingerprint density at radius 2 is 1.84 bits per heavy atom. The average Bonchev–Trinajstić information content (AvgIpc) is 3.04. The van der Waals surface area contributed by atoms with E-state index in [-0.39, 0.29) is 0 Å². The molecule has 1 aliphatic heterocycles. The summed E-state index contributed by atoms with van der Waals surface area (Å²) >= 11 is 6.96. The Kier molecular flexibility index (Phi) is 6.01. The summed E-state index contributed by atoms with van der Waals surface area (Å²) in [5.74, 6) is 0.901. The molecule has 0 unspecified atom stereocenters. The van der Waals surface area contributed by atoms with Gasteiger partial charge in [-0.15, -0.1) is 11.3 Å². The van der Waals surface area contributed by atoms with E-state index in [9.17, 15) is 8.42 Å². The highest BCUT2D eigenvalue weighted by Crippen LogP contribution is 2.28. The molecule has 5 nitrogen and oxygen atoms in total. The topological polar surface area (TPSA) is 49.9 Å². The predicted octanol–water partition coefficient (Wildman–Crippen LogP) is 3.10. The highest BCUT2D eigenvalue weighted by molar-refractivity contribution is 7.91. The van der Waals surface area contributed by atoms with Gasteiger partial charge in [-0.1, -0.05) is 29.8 Å². The van der Waals surface area contributed by atoms with Gasteiger partial charge < -0.3 is 4.74 Å². The lowest BCUT2D eigenvalue weighted by atomic mass is 10.2. The fraction of sp³-hybridized carbons (Fsp3) is 0.412. The van der Waals surface area contributed by atoms with Crippen LogP contribution in [0.5, 0.6) is 5.75 Å². The van der Waals surface area contributed by atoms with Crippen LogP contribution in [-0.4, -0.2) is 57.0 Å². The van der Waals surface area contributed by atoms with Crippen molar-refractivity contribution < 1.29 is 13.2 Å². The van der Waals surface area contributed by atoms with Gasteiger partial charge in [-0.05, 0) is 30.7 Å². The van der Waals surface area contributed by atoms with Crippen molar-refractivity contribution in [3.63, 3.8) is 0 Å². The predicted molar refractivity (Wildman–Crippen MR) is 101 cm³/mol. The Labute approximate surface area is 157 Å². The number of ether oxygens (including phenoxy) is 1. The van der Waals surface area contributed by atoms with Crippen molar-refractivity contribution >= 4 is 33.0 Å². The molecule has 0 bridgehead atoms. The summed E-state index contributed by atoms with van der Waals surface area (Å²) in [6.07, 6.45) is 0. The van der Waals surface area contributed by atoms with E-state index in [0.29, 0.717) is 41.3 Å². The maximum atomic E-state index is 12.6. The Bertz CT molecular complexity index is 815. The van der Waals surface area contributed by atoms with Crippen LogP contribution in [0.3, 0.4) is 0 Å². The van der Waals surface area contributed by atoms with Gasteiger partial charge >= 0.3 is 0 Å². The number of piperazine rings is 1. The number of halogens is 1. The summed E-state index contributed by atoms with van der Waals surface area (Å²) in [7, 11) is -3.42. The van der Waals surface area contributed by atoms with Crippen LogP contribution in [-0.2, 0) is 10.0 Å². The Morgan fingerprint density at radius 1 is 1.12 bits per heavy atom.